The molecular weight excluding hydrogens is 380 g/mol. The summed E-state index contributed by atoms with van der Waals surface area (Å²) >= 11 is 0. The van der Waals surface area contributed by atoms with Crippen molar-refractivity contribution in [2.75, 3.05) is 6.61 Å². The normalized spacial score (nSPS) is 10.2. The quantitative estimate of drug-likeness (QED) is 0.565. The maximum atomic E-state index is 11.9. The Balaban J connectivity index is 1.35. The van der Waals surface area contributed by atoms with Gasteiger partial charge < -0.3 is 9.47 Å². The van der Waals surface area contributed by atoms with Gasteiger partial charge in [0, 0.05) is 0 Å². The average molecular weight is 404 g/mol. The summed E-state index contributed by atoms with van der Waals surface area (Å²) in [5, 5.41) is 0. The molecule has 0 saturated carbocycles. The first-order valence-electron chi connectivity index (χ1n) is 9.61. The van der Waals surface area contributed by atoms with Crippen LogP contribution in [0.3, 0.4) is 0 Å². The third-order valence-corrected chi connectivity index (χ3v) is 4.27. The number of hydrogen-bond acceptors (Lipinski definition) is 4. The summed E-state index contributed by atoms with van der Waals surface area (Å²) in [4.78, 5) is 23.8. The molecule has 2 amide bonds. The highest BCUT2D eigenvalue weighted by Gasteiger charge is 2.07. The molecule has 0 atom stereocenters. The Morgan fingerprint density at radius 3 is 1.97 bits per heavy atom. The van der Waals surface area contributed by atoms with E-state index < -0.39 is 5.91 Å². The zero-order chi connectivity index (χ0) is 21.2. The summed E-state index contributed by atoms with van der Waals surface area (Å²) in [5.74, 6) is 0.492. The first-order valence-corrected chi connectivity index (χ1v) is 9.61. The van der Waals surface area contributed by atoms with E-state index in [4.69, 9.17) is 9.47 Å². The maximum Gasteiger partial charge on any atom is 0.276 e. The lowest BCUT2D eigenvalue weighted by molar-refractivity contribution is -0.129. The lowest BCUT2D eigenvalue weighted by atomic mass is 10.1. The second-order valence-corrected chi connectivity index (χ2v) is 6.79. The number of amides is 2. The van der Waals surface area contributed by atoms with Crippen molar-refractivity contribution in [3.05, 3.63) is 95.6 Å². The minimum atomic E-state index is -0.448. The molecule has 2 N–H and O–H groups in total. The van der Waals surface area contributed by atoms with Crippen molar-refractivity contribution in [1.29, 1.82) is 0 Å². The molecule has 3 rings (SSSR count). The van der Waals surface area contributed by atoms with Crippen LogP contribution >= 0.6 is 0 Å². The summed E-state index contributed by atoms with van der Waals surface area (Å²) in [6.07, 6.45) is 0.186. The van der Waals surface area contributed by atoms with Crippen molar-refractivity contribution in [1.82, 2.24) is 10.9 Å². The molecule has 0 bridgehead atoms. The van der Waals surface area contributed by atoms with E-state index >= 15 is 0 Å². The van der Waals surface area contributed by atoms with Gasteiger partial charge in [0.1, 0.15) is 18.1 Å². The molecule has 3 aromatic rings. The van der Waals surface area contributed by atoms with Gasteiger partial charge in [-0.05, 0) is 42.3 Å². The standard InChI is InChI=1S/C24H24N2O4/c1-18-7-9-19(10-8-18)15-23(27)25-26-24(28)17-30-22-13-11-21(12-14-22)29-16-20-5-3-2-4-6-20/h2-14H,15-17H2,1H3,(H,25,27)(H,26,28). The number of hydrogen-bond donors (Lipinski definition) is 2. The average Bonchev–Trinajstić information content (AvgIpc) is 2.78. The summed E-state index contributed by atoms with van der Waals surface area (Å²) in [6.45, 7) is 2.25. The van der Waals surface area contributed by atoms with Crippen LogP contribution in [0.25, 0.3) is 0 Å². The van der Waals surface area contributed by atoms with Gasteiger partial charge in [0.2, 0.25) is 5.91 Å². The van der Waals surface area contributed by atoms with E-state index in [9.17, 15) is 9.59 Å². The van der Waals surface area contributed by atoms with Crippen LogP contribution < -0.4 is 20.3 Å². The molecule has 0 saturated heterocycles. The highest BCUT2D eigenvalue weighted by Crippen LogP contribution is 2.18. The Hall–Kier alpha value is -3.80. The number of ether oxygens (including phenoxy) is 2. The predicted octanol–water partition coefficient (Wildman–Crippen LogP) is 3.34. The van der Waals surface area contributed by atoms with E-state index in [2.05, 4.69) is 10.9 Å². The topological polar surface area (TPSA) is 76.7 Å². The molecule has 0 unspecified atom stereocenters. The Labute approximate surface area is 175 Å². The van der Waals surface area contributed by atoms with E-state index in [-0.39, 0.29) is 18.9 Å². The lowest BCUT2D eigenvalue weighted by Gasteiger charge is -2.10. The molecule has 0 spiro atoms. The van der Waals surface area contributed by atoms with Crippen molar-refractivity contribution >= 4 is 11.8 Å². The third kappa shape index (κ3) is 6.98. The van der Waals surface area contributed by atoms with Gasteiger partial charge in [-0.2, -0.15) is 0 Å². The monoisotopic (exact) mass is 404 g/mol. The largest absolute Gasteiger partial charge is 0.489 e. The van der Waals surface area contributed by atoms with Crippen LogP contribution in [-0.2, 0) is 22.6 Å². The van der Waals surface area contributed by atoms with E-state index in [1.54, 1.807) is 24.3 Å². The minimum absolute atomic E-state index is 0.186. The molecule has 6 heteroatoms. The van der Waals surface area contributed by atoms with E-state index in [0.717, 1.165) is 16.7 Å². The van der Waals surface area contributed by atoms with Crippen LogP contribution in [0.15, 0.2) is 78.9 Å². The van der Waals surface area contributed by atoms with E-state index in [1.165, 1.54) is 0 Å². The van der Waals surface area contributed by atoms with Gasteiger partial charge >= 0.3 is 0 Å². The van der Waals surface area contributed by atoms with Crippen molar-refractivity contribution < 1.29 is 19.1 Å². The van der Waals surface area contributed by atoms with Crippen molar-refractivity contribution in [2.24, 2.45) is 0 Å². The molecule has 0 fully saturated rings. The third-order valence-electron chi connectivity index (χ3n) is 4.27. The summed E-state index contributed by atoms with van der Waals surface area (Å²) in [7, 11) is 0. The van der Waals surface area contributed by atoms with Gasteiger partial charge in [0.25, 0.3) is 5.91 Å². The van der Waals surface area contributed by atoms with Crippen molar-refractivity contribution in [2.45, 2.75) is 20.0 Å². The smallest absolute Gasteiger partial charge is 0.276 e. The minimum Gasteiger partial charge on any atom is -0.489 e. The molecule has 0 heterocycles. The molecule has 6 nitrogen and oxygen atoms in total. The maximum absolute atomic E-state index is 11.9. The summed E-state index contributed by atoms with van der Waals surface area (Å²) < 4.78 is 11.1. The number of nitrogens with one attached hydrogen (secondary N) is 2. The van der Waals surface area contributed by atoms with Crippen LogP contribution in [0, 0.1) is 6.92 Å². The molecule has 30 heavy (non-hydrogen) atoms. The number of carbonyl (C=O) groups is 2. The molecule has 0 radical (unpaired) electrons. The number of carbonyl (C=O) groups excluding carboxylic acids is 2. The number of hydrazine groups is 1. The van der Waals surface area contributed by atoms with Gasteiger partial charge in [-0.25, -0.2) is 0 Å². The molecular formula is C24H24N2O4. The lowest BCUT2D eigenvalue weighted by Crippen LogP contribution is -2.44. The van der Waals surface area contributed by atoms with Gasteiger partial charge in [-0.15, -0.1) is 0 Å². The van der Waals surface area contributed by atoms with Crippen LogP contribution in [0.5, 0.6) is 11.5 Å². The van der Waals surface area contributed by atoms with Crippen LogP contribution in [0.4, 0.5) is 0 Å². The Bertz CT molecular complexity index is 955. The zero-order valence-electron chi connectivity index (χ0n) is 16.8. The Kier molecular flexibility index (Phi) is 7.44. The highest BCUT2D eigenvalue weighted by atomic mass is 16.5. The number of rotatable bonds is 8. The van der Waals surface area contributed by atoms with Gasteiger partial charge in [0.15, 0.2) is 6.61 Å². The van der Waals surface area contributed by atoms with Crippen molar-refractivity contribution in [3.8, 4) is 11.5 Å². The zero-order valence-corrected chi connectivity index (χ0v) is 16.8. The second-order valence-electron chi connectivity index (χ2n) is 6.79. The van der Waals surface area contributed by atoms with Crippen molar-refractivity contribution in [3.63, 3.8) is 0 Å². The predicted molar refractivity (Wildman–Crippen MR) is 114 cm³/mol. The molecule has 154 valence electrons. The first kappa shape index (κ1) is 20.9. The Morgan fingerprint density at radius 1 is 0.700 bits per heavy atom. The van der Waals surface area contributed by atoms with E-state index in [1.807, 2.05) is 61.5 Å². The number of aryl methyl sites for hydroxylation is 1. The summed E-state index contributed by atoms with van der Waals surface area (Å²) in [6, 6.07) is 24.5. The van der Waals surface area contributed by atoms with Gasteiger partial charge in [-0.3, -0.25) is 20.4 Å². The fourth-order valence-corrected chi connectivity index (χ4v) is 2.63. The summed E-state index contributed by atoms with van der Waals surface area (Å²) in [5.41, 5.74) is 7.81. The molecule has 0 aliphatic heterocycles. The number of benzene rings is 3. The molecule has 3 aromatic carbocycles. The van der Waals surface area contributed by atoms with E-state index in [0.29, 0.717) is 18.1 Å². The Morgan fingerprint density at radius 2 is 1.30 bits per heavy atom. The molecule has 0 aliphatic carbocycles. The van der Waals surface area contributed by atoms with Crippen LogP contribution in [0.2, 0.25) is 0 Å². The highest BCUT2D eigenvalue weighted by molar-refractivity contribution is 5.83. The SMILES string of the molecule is Cc1ccc(CC(=O)NNC(=O)COc2ccc(OCc3ccccc3)cc2)cc1. The second kappa shape index (κ2) is 10.7. The fraction of sp³-hybridized carbons (Fsp3) is 0.167. The van der Waals surface area contributed by atoms with Gasteiger partial charge in [-0.1, -0.05) is 60.2 Å². The molecule has 0 aromatic heterocycles. The fourth-order valence-electron chi connectivity index (χ4n) is 2.63. The first-order chi connectivity index (χ1) is 14.6. The van der Waals surface area contributed by atoms with Crippen LogP contribution in [0.1, 0.15) is 16.7 Å². The van der Waals surface area contributed by atoms with Crippen LogP contribution in [-0.4, -0.2) is 18.4 Å². The molecule has 0 aliphatic rings. The van der Waals surface area contributed by atoms with Gasteiger partial charge in [0.05, 0.1) is 6.42 Å².